The van der Waals surface area contributed by atoms with Crippen molar-refractivity contribution in [3.63, 3.8) is 0 Å². The summed E-state index contributed by atoms with van der Waals surface area (Å²) in [5.74, 6) is 1.23. The zero-order valence-electron chi connectivity index (χ0n) is 20.0. The molecule has 4 N–H and O–H groups in total. The van der Waals surface area contributed by atoms with E-state index in [9.17, 15) is 13.6 Å². The van der Waals surface area contributed by atoms with E-state index in [-0.39, 0.29) is 5.92 Å². The van der Waals surface area contributed by atoms with E-state index in [0.29, 0.717) is 24.0 Å². The van der Waals surface area contributed by atoms with Crippen LogP contribution in [0.1, 0.15) is 32.4 Å². The van der Waals surface area contributed by atoms with Gasteiger partial charge in [0.25, 0.3) is 5.91 Å². The quantitative estimate of drug-likeness (QED) is 0.255. The Morgan fingerprint density at radius 2 is 1.94 bits per heavy atom. The number of alkyl halides is 2. The summed E-state index contributed by atoms with van der Waals surface area (Å²) in [5.41, 5.74) is 1.94. The summed E-state index contributed by atoms with van der Waals surface area (Å²) in [6.07, 6.45) is 4.08. The van der Waals surface area contributed by atoms with Crippen LogP contribution in [0.15, 0.2) is 72.2 Å². The fourth-order valence-electron chi connectivity index (χ4n) is 3.80. The molecule has 1 amide bonds. The number of hydrogen-bond acceptors (Lipinski definition) is 6. The third kappa shape index (κ3) is 5.35. The average molecular weight is 496 g/mol. The van der Waals surface area contributed by atoms with Gasteiger partial charge >= 0.3 is 5.92 Å². The first kappa shape index (κ1) is 24.8. The minimum atomic E-state index is -3.51. The summed E-state index contributed by atoms with van der Waals surface area (Å²) in [5, 5.41) is 11.2. The monoisotopic (exact) mass is 495 g/mol. The van der Waals surface area contributed by atoms with E-state index in [1.807, 2.05) is 50.2 Å². The molecular formula is C25H27F2N7O2. The summed E-state index contributed by atoms with van der Waals surface area (Å²) in [6, 6.07) is 13.9. The Labute approximate surface area is 206 Å². The molecule has 4 aromatic rings. The number of carbonyl (C=O) groups is 1. The third-order valence-corrected chi connectivity index (χ3v) is 5.70. The van der Waals surface area contributed by atoms with Gasteiger partial charge in [-0.15, -0.1) is 0 Å². The summed E-state index contributed by atoms with van der Waals surface area (Å²) in [6.45, 7) is 4.27. The highest BCUT2D eigenvalue weighted by molar-refractivity contribution is 5.83. The molecule has 0 unspecified atom stereocenters. The van der Waals surface area contributed by atoms with Crippen LogP contribution in [0.4, 0.5) is 8.78 Å². The van der Waals surface area contributed by atoms with Gasteiger partial charge < -0.3 is 20.9 Å². The normalized spacial score (nSPS) is 14.1. The molecule has 36 heavy (non-hydrogen) atoms. The number of hydrogen-bond donors (Lipinski definition) is 3. The second-order valence-corrected chi connectivity index (χ2v) is 8.78. The van der Waals surface area contributed by atoms with Crippen LogP contribution in [-0.2, 0) is 4.79 Å². The van der Waals surface area contributed by atoms with Crippen LogP contribution < -0.4 is 21.4 Å². The molecule has 2 aromatic heterocycles. The SMILES string of the molecule is CC(C)[C@H](NC(=O)C(C)(F)F)[C@H](Oc1ccc2c(cnn2-c2c[nH]/c(=N\N)cn2)c1)c1ccccc1. The van der Waals surface area contributed by atoms with Crippen molar-refractivity contribution in [1.82, 2.24) is 25.1 Å². The number of rotatable bonds is 8. The summed E-state index contributed by atoms with van der Waals surface area (Å²) in [7, 11) is 0. The molecule has 0 bridgehead atoms. The standard InChI is InChI=1S/C25H27F2N7O2/c1-15(2)22(32-24(35)25(3,26)27)23(16-7-5-4-6-8-16)36-18-9-10-19-17(11-18)12-31-34(19)21-14-29-20(33-28)13-30-21/h4-15,22-23H,28H2,1-3H3,(H,29,33)(H,32,35)/t22-,23+/m0/s1. The molecule has 11 heteroatoms. The first-order chi connectivity index (χ1) is 17.2. The number of aromatic amines is 1. The molecule has 0 radical (unpaired) electrons. The zero-order chi connectivity index (χ0) is 25.9. The Balaban J connectivity index is 1.68. The first-order valence-corrected chi connectivity index (χ1v) is 11.3. The van der Waals surface area contributed by atoms with Crippen molar-refractivity contribution in [2.75, 3.05) is 0 Å². The van der Waals surface area contributed by atoms with Gasteiger partial charge in [-0.05, 0) is 29.7 Å². The summed E-state index contributed by atoms with van der Waals surface area (Å²) >= 11 is 0. The predicted octanol–water partition coefficient (Wildman–Crippen LogP) is 3.44. The van der Waals surface area contributed by atoms with Crippen molar-refractivity contribution in [2.45, 2.75) is 38.8 Å². The van der Waals surface area contributed by atoms with Gasteiger partial charge in [0.15, 0.2) is 11.3 Å². The molecule has 2 atom stereocenters. The molecule has 9 nitrogen and oxygen atoms in total. The molecular weight excluding hydrogens is 468 g/mol. The number of amides is 1. The summed E-state index contributed by atoms with van der Waals surface area (Å²) < 4.78 is 35.4. The van der Waals surface area contributed by atoms with Crippen LogP contribution in [0.5, 0.6) is 5.75 Å². The van der Waals surface area contributed by atoms with Crippen LogP contribution >= 0.6 is 0 Å². The van der Waals surface area contributed by atoms with Crippen molar-refractivity contribution in [1.29, 1.82) is 0 Å². The molecule has 2 aromatic carbocycles. The van der Waals surface area contributed by atoms with Crippen LogP contribution in [0, 0.1) is 5.92 Å². The van der Waals surface area contributed by atoms with Gasteiger partial charge in [-0.25, -0.2) is 9.67 Å². The number of fused-ring (bicyclic) bond motifs is 1. The van der Waals surface area contributed by atoms with Gasteiger partial charge in [0, 0.05) is 18.5 Å². The van der Waals surface area contributed by atoms with Crippen LogP contribution in [0.3, 0.4) is 0 Å². The number of aromatic nitrogens is 4. The van der Waals surface area contributed by atoms with Crippen molar-refractivity contribution < 1.29 is 18.3 Å². The number of halogens is 2. The van der Waals surface area contributed by atoms with Gasteiger partial charge in [-0.2, -0.15) is 19.0 Å². The van der Waals surface area contributed by atoms with E-state index in [4.69, 9.17) is 10.6 Å². The highest BCUT2D eigenvalue weighted by Crippen LogP contribution is 2.31. The second-order valence-electron chi connectivity index (χ2n) is 8.78. The Bertz CT molecular complexity index is 1390. The lowest BCUT2D eigenvalue weighted by Crippen LogP contribution is -2.49. The highest BCUT2D eigenvalue weighted by atomic mass is 19.3. The molecule has 0 aliphatic heterocycles. The number of benzene rings is 2. The van der Waals surface area contributed by atoms with Gasteiger partial charge in [0.1, 0.15) is 11.9 Å². The molecule has 4 rings (SSSR count). The maximum absolute atomic E-state index is 13.7. The fourth-order valence-corrected chi connectivity index (χ4v) is 3.80. The van der Waals surface area contributed by atoms with Crippen molar-refractivity contribution in [3.8, 4) is 11.6 Å². The highest BCUT2D eigenvalue weighted by Gasteiger charge is 2.37. The van der Waals surface area contributed by atoms with E-state index < -0.39 is 24.0 Å². The zero-order valence-corrected chi connectivity index (χ0v) is 20.0. The molecule has 0 saturated heterocycles. The van der Waals surface area contributed by atoms with Crippen molar-refractivity contribution in [2.24, 2.45) is 16.9 Å². The lowest BCUT2D eigenvalue weighted by atomic mass is 9.92. The van der Waals surface area contributed by atoms with Crippen LogP contribution in [0.2, 0.25) is 0 Å². The smallest absolute Gasteiger partial charge is 0.321 e. The van der Waals surface area contributed by atoms with Crippen molar-refractivity contribution >= 4 is 16.8 Å². The Hall–Kier alpha value is -4.28. The third-order valence-electron chi connectivity index (χ3n) is 5.70. The maximum Gasteiger partial charge on any atom is 0.321 e. The largest absolute Gasteiger partial charge is 0.484 e. The van der Waals surface area contributed by atoms with Gasteiger partial charge in [0.2, 0.25) is 0 Å². The molecule has 0 saturated carbocycles. The van der Waals surface area contributed by atoms with E-state index in [2.05, 4.69) is 25.5 Å². The number of nitrogens with one attached hydrogen (secondary N) is 2. The summed E-state index contributed by atoms with van der Waals surface area (Å²) in [4.78, 5) is 19.4. The van der Waals surface area contributed by atoms with Crippen molar-refractivity contribution in [3.05, 3.63) is 78.2 Å². The maximum atomic E-state index is 13.7. The second kappa shape index (κ2) is 10.1. The lowest BCUT2D eigenvalue weighted by Gasteiger charge is -2.32. The number of nitrogens with zero attached hydrogens (tertiary/aromatic N) is 4. The van der Waals surface area contributed by atoms with E-state index in [0.717, 1.165) is 16.5 Å². The Morgan fingerprint density at radius 1 is 1.19 bits per heavy atom. The predicted molar refractivity (Wildman–Crippen MR) is 130 cm³/mol. The van der Waals surface area contributed by atoms with E-state index in [1.165, 1.54) is 6.20 Å². The molecule has 0 spiro atoms. The molecule has 0 aliphatic rings. The van der Waals surface area contributed by atoms with Gasteiger partial charge in [0.05, 0.1) is 24.0 Å². The van der Waals surface area contributed by atoms with Gasteiger partial charge in [-0.3, -0.25) is 4.79 Å². The molecule has 188 valence electrons. The average Bonchev–Trinajstić information content (AvgIpc) is 3.29. The fraction of sp³-hybridized carbons (Fsp3) is 0.280. The molecule has 2 heterocycles. The number of carbonyl (C=O) groups excluding carboxylic acids is 1. The topological polar surface area (TPSA) is 123 Å². The minimum absolute atomic E-state index is 0.196. The lowest BCUT2D eigenvalue weighted by molar-refractivity contribution is -0.145. The molecule has 0 fully saturated rings. The van der Waals surface area contributed by atoms with E-state index >= 15 is 0 Å². The minimum Gasteiger partial charge on any atom is -0.484 e. The van der Waals surface area contributed by atoms with Gasteiger partial charge in [-0.1, -0.05) is 44.2 Å². The first-order valence-electron chi connectivity index (χ1n) is 11.3. The number of ether oxygens (including phenoxy) is 1. The van der Waals surface area contributed by atoms with Crippen LogP contribution in [0.25, 0.3) is 16.7 Å². The van der Waals surface area contributed by atoms with E-state index in [1.54, 1.807) is 29.2 Å². The Kier molecular flexibility index (Phi) is 7.00. The Morgan fingerprint density at radius 3 is 2.56 bits per heavy atom. The van der Waals surface area contributed by atoms with Crippen LogP contribution in [-0.4, -0.2) is 37.6 Å². The number of H-pyrrole nitrogens is 1. The number of nitrogens with two attached hydrogens (primary N) is 1. The molecule has 0 aliphatic carbocycles.